The number of ketones is 1. The molecule has 0 aliphatic carbocycles. The quantitative estimate of drug-likeness (QED) is 0.769. The van der Waals surface area contributed by atoms with E-state index < -0.39 is 0 Å². The first-order valence-corrected chi connectivity index (χ1v) is 5.83. The molecule has 0 saturated heterocycles. The Labute approximate surface area is 111 Å². The van der Waals surface area contributed by atoms with Gasteiger partial charge in [0.1, 0.15) is 0 Å². The highest BCUT2D eigenvalue weighted by Gasteiger charge is 2.17. The Bertz CT molecular complexity index is 601. The molecule has 0 amide bonds. The molecule has 98 valence electrons. The van der Waals surface area contributed by atoms with E-state index in [9.17, 15) is 4.79 Å². The average Bonchev–Trinajstić information content (AvgIpc) is 2.85. The predicted octanol–water partition coefficient (Wildman–Crippen LogP) is 1.15. The summed E-state index contributed by atoms with van der Waals surface area (Å²) in [7, 11) is 3.69. The van der Waals surface area contributed by atoms with Crippen molar-refractivity contribution in [3.05, 3.63) is 42.4 Å². The Morgan fingerprint density at radius 1 is 1.26 bits per heavy atom. The molecule has 19 heavy (non-hydrogen) atoms. The Morgan fingerprint density at radius 2 is 1.95 bits per heavy atom. The number of rotatable bonds is 4. The van der Waals surface area contributed by atoms with E-state index in [1.165, 1.54) is 6.92 Å². The molecule has 0 atom stereocenters. The molecule has 0 spiro atoms. The summed E-state index contributed by atoms with van der Waals surface area (Å²) in [6.45, 7) is 1.50. The van der Waals surface area contributed by atoms with Crippen molar-refractivity contribution < 1.29 is 4.79 Å². The van der Waals surface area contributed by atoms with Crippen molar-refractivity contribution in [1.29, 1.82) is 0 Å². The molecule has 6 heteroatoms. The van der Waals surface area contributed by atoms with Gasteiger partial charge in [0.15, 0.2) is 11.6 Å². The number of Topliss-reactive ketones (excluding diaryl/α,β-unsaturated/α-hetero) is 1. The Morgan fingerprint density at radius 3 is 2.53 bits per heavy atom. The van der Waals surface area contributed by atoms with Crippen LogP contribution in [0.4, 0.5) is 0 Å². The molecule has 0 fully saturated rings. The van der Waals surface area contributed by atoms with E-state index in [0.717, 1.165) is 5.69 Å². The van der Waals surface area contributed by atoms with Crippen LogP contribution in [0, 0.1) is 0 Å². The van der Waals surface area contributed by atoms with Crippen molar-refractivity contribution >= 4 is 11.4 Å². The lowest BCUT2D eigenvalue weighted by molar-refractivity contribution is -0.111. The van der Waals surface area contributed by atoms with Gasteiger partial charge in [0.2, 0.25) is 0 Å². The van der Waals surface area contributed by atoms with Crippen LogP contribution in [0.1, 0.15) is 12.7 Å². The maximum atomic E-state index is 11.8. The topological polar surface area (TPSA) is 63.9 Å². The summed E-state index contributed by atoms with van der Waals surface area (Å²) < 4.78 is 1.55. The van der Waals surface area contributed by atoms with E-state index >= 15 is 0 Å². The maximum absolute atomic E-state index is 11.8. The van der Waals surface area contributed by atoms with E-state index in [2.05, 4.69) is 15.5 Å². The minimum absolute atomic E-state index is 0.0827. The van der Waals surface area contributed by atoms with E-state index in [-0.39, 0.29) is 5.78 Å². The van der Waals surface area contributed by atoms with Crippen LogP contribution in [0.25, 0.3) is 11.3 Å². The van der Waals surface area contributed by atoms with Crippen molar-refractivity contribution in [2.45, 2.75) is 6.92 Å². The van der Waals surface area contributed by atoms with Crippen LogP contribution >= 0.6 is 0 Å². The smallest absolute Gasteiger partial charge is 0.192 e. The third kappa shape index (κ3) is 2.85. The van der Waals surface area contributed by atoms with Crippen molar-refractivity contribution in [2.75, 3.05) is 14.1 Å². The molecular formula is C13H15N5O. The minimum atomic E-state index is -0.0827. The maximum Gasteiger partial charge on any atom is 0.192 e. The van der Waals surface area contributed by atoms with Crippen LogP contribution < -0.4 is 0 Å². The van der Waals surface area contributed by atoms with E-state index in [0.29, 0.717) is 11.4 Å². The molecule has 0 bridgehead atoms. The normalized spacial score (nSPS) is 11.4. The predicted molar refractivity (Wildman–Crippen MR) is 71.5 cm³/mol. The highest BCUT2D eigenvalue weighted by Crippen LogP contribution is 2.16. The van der Waals surface area contributed by atoms with Crippen molar-refractivity contribution in [1.82, 2.24) is 25.1 Å². The second-order valence-corrected chi connectivity index (χ2v) is 4.31. The fourth-order valence-electron chi connectivity index (χ4n) is 1.66. The molecule has 0 unspecified atom stereocenters. The van der Waals surface area contributed by atoms with Crippen molar-refractivity contribution in [3.63, 3.8) is 0 Å². The second kappa shape index (κ2) is 5.43. The largest absolute Gasteiger partial charge is 0.383 e. The third-order valence-corrected chi connectivity index (χ3v) is 2.48. The Hall–Kier alpha value is -2.50. The molecule has 0 radical (unpaired) electrons. The lowest BCUT2D eigenvalue weighted by Gasteiger charge is -2.09. The summed E-state index contributed by atoms with van der Waals surface area (Å²) in [4.78, 5) is 13.5. The van der Waals surface area contributed by atoms with Gasteiger partial charge < -0.3 is 4.90 Å². The number of para-hydroxylation sites is 1. The second-order valence-electron chi connectivity index (χ2n) is 4.31. The lowest BCUT2D eigenvalue weighted by Crippen LogP contribution is -2.11. The number of carbonyl (C=O) groups excluding carboxylic acids is 1. The zero-order valence-electron chi connectivity index (χ0n) is 11.1. The highest BCUT2D eigenvalue weighted by atomic mass is 16.1. The summed E-state index contributed by atoms with van der Waals surface area (Å²) in [5.41, 5.74) is 1.28. The van der Waals surface area contributed by atoms with Gasteiger partial charge in [-0.3, -0.25) is 4.79 Å². The fraction of sp³-hybridized carbons (Fsp3) is 0.231. The Kier molecular flexibility index (Phi) is 3.70. The summed E-state index contributed by atoms with van der Waals surface area (Å²) in [5, 5.41) is 11.6. The highest BCUT2D eigenvalue weighted by molar-refractivity contribution is 6.18. The van der Waals surface area contributed by atoms with Gasteiger partial charge >= 0.3 is 0 Å². The molecule has 1 aromatic carbocycles. The van der Waals surface area contributed by atoms with Gasteiger partial charge in [-0.05, 0) is 29.5 Å². The molecule has 6 nitrogen and oxygen atoms in total. The standard InChI is InChI=1S/C13H15N5O/c1-10(19)12(9-17(2)3)13-14-15-16-18(13)11-7-5-4-6-8-11/h4-9H,1-3H3/b12-9+. The van der Waals surface area contributed by atoms with Crippen molar-refractivity contribution in [3.8, 4) is 5.69 Å². The first-order valence-electron chi connectivity index (χ1n) is 5.83. The van der Waals surface area contributed by atoms with Gasteiger partial charge in [0.05, 0.1) is 11.3 Å². The van der Waals surface area contributed by atoms with Crippen LogP contribution in [-0.2, 0) is 4.79 Å². The summed E-state index contributed by atoms with van der Waals surface area (Å²) in [5.74, 6) is 0.355. The van der Waals surface area contributed by atoms with Gasteiger partial charge in [-0.1, -0.05) is 18.2 Å². The average molecular weight is 257 g/mol. The molecule has 0 saturated carbocycles. The van der Waals surface area contributed by atoms with E-state index in [1.54, 1.807) is 15.8 Å². The molecular weight excluding hydrogens is 242 g/mol. The summed E-state index contributed by atoms with van der Waals surface area (Å²) in [6.07, 6.45) is 1.72. The van der Waals surface area contributed by atoms with Crippen LogP contribution in [0.3, 0.4) is 0 Å². The number of aromatic nitrogens is 4. The van der Waals surface area contributed by atoms with E-state index in [1.807, 2.05) is 44.4 Å². The molecule has 2 rings (SSSR count). The first kappa shape index (κ1) is 12.9. The number of hydrogen-bond acceptors (Lipinski definition) is 5. The van der Waals surface area contributed by atoms with Gasteiger partial charge in [0.25, 0.3) is 0 Å². The molecule has 0 aliphatic heterocycles. The van der Waals surface area contributed by atoms with Gasteiger partial charge in [0, 0.05) is 20.3 Å². The number of nitrogens with zero attached hydrogens (tertiary/aromatic N) is 5. The van der Waals surface area contributed by atoms with Crippen LogP contribution in [0.15, 0.2) is 36.5 Å². The zero-order chi connectivity index (χ0) is 13.8. The fourth-order valence-corrected chi connectivity index (χ4v) is 1.66. The number of allylic oxidation sites excluding steroid dienone is 1. The number of hydrogen-bond donors (Lipinski definition) is 0. The molecule has 0 aliphatic rings. The minimum Gasteiger partial charge on any atom is -0.383 e. The zero-order valence-corrected chi connectivity index (χ0v) is 11.1. The molecule has 1 aromatic heterocycles. The van der Waals surface area contributed by atoms with Crippen LogP contribution in [-0.4, -0.2) is 45.0 Å². The third-order valence-electron chi connectivity index (χ3n) is 2.48. The first-order chi connectivity index (χ1) is 9.09. The van der Waals surface area contributed by atoms with Gasteiger partial charge in [-0.25, -0.2) is 0 Å². The summed E-state index contributed by atoms with van der Waals surface area (Å²) >= 11 is 0. The van der Waals surface area contributed by atoms with E-state index in [4.69, 9.17) is 0 Å². The molecule has 0 N–H and O–H groups in total. The lowest BCUT2D eigenvalue weighted by atomic mass is 10.2. The molecule has 2 aromatic rings. The number of carbonyl (C=O) groups is 1. The van der Waals surface area contributed by atoms with Crippen LogP contribution in [0.2, 0.25) is 0 Å². The Balaban J connectivity index is 2.52. The number of tetrazole rings is 1. The number of benzene rings is 1. The monoisotopic (exact) mass is 257 g/mol. The van der Waals surface area contributed by atoms with Crippen LogP contribution in [0.5, 0.6) is 0 Å². The van der Waals surface area contributed by atoms with Crippen molar-refractivity contribution in [2.24, 2.45) is 0 Å². The summed E-state index contributed by atoms with van der Waals surface area (Å²) in [6, 6.07) is 9.46. The SMILES string of the molecule is CC(=O)/C(=C\N(C)C)c1nnnn1-c1ccccc1. The van der Waals surface area contributed by atoms with Gasteiger partial charge in [-0.15, -0.1) is 5.10 Å². The van der Waals surface area contributed by atoms with Gasteiger partial charge in [-0.2, -0.15) is 4.68 Å². The molecule has 1 heterocycles.